The van der Waals surface area contributed by atoms with Crippen molar-refractivity contribution >= 4 is 5.97 Å². The second-order valence-electron chi connectivity index (χ2n) is 5.34. The molecule has 0 amide bonds. The van der Waals surface area contributed by atoms with Crippen molar-refractivity contribution in [1.82, 2.24) is 10.1 Å². The third-order valence-corrected chi connectivity index (χ3v) is 3.96. The number of rotatable bonds is 3. The number of nitrogens with zero attached hydrogens (tertiary/aromatic N) is 2. The van der Waals surface area contributed by atoms with Crippen LogP contribution in [0.25, 0.3) is 11.5 Å². The van der Waals surface area contributed by atoms with E-state index in [0.29, 0.717) is 28.8 Å². The van der Waals surface area contributed by atoms with Gasteiger partial charge < -0.3 is 9.63 Å². The Kier molecular flexibility index (Phi) is 3.04. The lowest BCUT2D eigenvalue weighted by Crippen LogP contribution is -2.10. The fourth-order valence-corrected chi connectivity index (χ4v) is 2.53. The molecular weight excluding hydrogens is 256 g/mol. The monoisotopic (exact) mass is 272 g/mol. The number of aromatic carboxylic acids is 1. The molecule has 1 fully saturated rings. The molecule has 0 saturated heterocycles. The van der Waals surface area contributed by atoms with E-state index in [4.69, 9.17) is 4.52 Å². The third kappa shape index (κ3) is 1.99. The molecule has 0 unspecified atom stereocenters. The maximum atomic E-state index is 11.5. The highest BCUT2D eigenvalue weighted by Gasteiger charge is 2.27. The van der Waals surface area contributed by atoms with Gasteiger partial charge in [0.15, 0.2) is 5.82 Å². The summed E-state index contributed by atoms with van der Waals surface area (Å²) < 4.78 is 5.31. The first kappa shape index (κ1) is 12.8. The molecule has 2 aromatic rings. The average Bonchev–Trinajstić information content (AvgIpc) is 2.78. The van der Waals surface area contributed by atoms with Gasteiger partial charge in [0, 0.05) is 5.92 Å². The molecule has 5 nitrogen and oxygen atoms in total. The molecule has 1 aliphatic rings. The van der Waals surface area contributed by atoms with Crippen molar-refractivity contribution in [2.45, 2.75) is 39.0 Å². The van der Waals surface area contributed by atoms with Crippen molar-refractivity contribution in [1.29, 1.82) is 0 Å². The number of carbonyl (C=O) groups is 1. The molecule has 0 bridgehead atoms. The highest BCUT2D eigenvalue weighted by molar-refractivity contribution is 5.97. The molecule has 20 heavy (non-hydrogen) atoms. The summed E-state index contributed by atoms with van der Waals surface area (Å²) in [7, 11) is 0. The van der Waals surface area contributed by atoms with Crippen molar-refractivity contribution in [2.24, 2.45) is 0 Å². The van der Waals surface area contributed by atoms with Crippen LogP contribution in [-0.4, -0.2) is 21.2 Å². The fraction of sp³-hybridized carbons (Fsp3) is 0.400. The fourth-order valence-electron chi connectivity index (χ4n) is 2.53. The topological polar surface area (TPSA) is 76.2 Å². The summed E-state index contributed by atoms with van der Waals surface area (Å²) in [5.41, 5.74) is 2.31. The number of hydrogen-bond donors (Lipinski definition) is 1. The van der Waals surface area contributed by atoms with Gasteiger partial charge in [0.1, 0.15) is 0 Å². The van der Waals surface area contributed by atoms with E-state index in [1.807, 2.05) is 13.0 Å². The smallest absolute Gasteiger partial charge is 0.336 e. The molecule has 1 N–H and O–H groups in total. The Hall–Kier alpha value is -2.17. The molecular formula is C15H16N2O3. The van der Waals surface area contributed by atoms with Gasteiger partial charge in [-0.05, 0) is 37.8 Å². The highest BCUT2D eigenvalue weighted by atomic mass is 16.5. The molecule has 0 atom stereocenters. The zero-order chi connectivity index (χ0) is 14.3. The van der Waals surface area contributed by atoms with Crippen molar-refractivity contribution in [2.75, 3.05) is 0 Å². The normalized spacial score (nSPS) is 15.1. The summed E-state index contributed by atoms with van der Waals surface area (Å²) in [5.74, 6) is 0.407. The molecule has 0 aliphatic heterocycles. The quantitative estimate of drug-likeness (QED) is 0.927. The van der Waals surface area contributed by atoms with Crippen LogP contribution in [-0.2, 0) is 0 Å². The van der Waals surface area contributed by atoms with Crippen LogP contribution in [0.4, 0.5) is 0 Å². The number of aromatic nitrogens is 2. The SMILES string of the molecule is Cc1ccc(C)c(-c2nc(C3CCC3)no2)c1C(=O)O. The van der Waals surface area contributed by atoms with E-state index in [2.05, 4.69) is 10.1 Å². The minimum absolute atomic E-state index is 0.244. The number of hydrogen-bond acceptors (Lipinski definition) is 4. The highest BCUT2D eigenvalue weighted by Crippen LogP contribution is 2.36. The van der Waals surface area contributed by atoms with E-state index in [1.165, 1.54) is 6.42 Å². The van der Waals surface area contributed by atoms with Crippen molar-refractivity contribution in [3.63, 3.8) is 0 Å². The Morgan fingerprint density at radius 1 is 1.30 bits per heavy atom. The molecule has 104 valence electrons. The van der Waals surface area contributed by atoms with Gasteiger partial charge in [-0.2, -0.15) is 4.98 Å². The summed E-state index contributed by atoms with van der Waals surface area (Å²) >= 11 is 0. The van der Waals surface area contributed by atoms with E-state index in [0.717, 1.165) is 18.4 Å². The minimum Gasteiger partial charge on any atom is -0.478 e. The summed E-state index contributed by atoms with van der Waals surface area (Å²) in [5, 5.41) is 13.4. The maximum Gasteiger partial charge on any atom is 0.336 e. The second-order valence-corrected chi connectivity index (χ2v) is 5.34. The van der Waals surface area contributed by atoms with Crippen LogP contribution in [0.2, 0.25) is 0 Å². The first-order valence-electron chi connectivity index (χ1n) is 6.75. The average molecular weight is 272 g/mol. The van der Waals surface area contributed by atoms with Crippen LogP contribution in [0.1, 0.15) is 52.5 Å². The van der Waals surface area contributed by atoms with Gasteiger partial charge in [-0.3, -0.25) is 0 Å². The van der Waals surface area contributed by atoms with Crippen LogP contribution >= 0.6 is 0 Å². The van der Waals surface area contributed by atoms with E-state index in [-0.39, 0.29) is 5.56 Å². The Labute approximate surface area is 116 Å². The van der Waals surface area contributed by atoms with Gasteiger partial charge >= 0.3 is 5.97 Å². The number of carboxylic acid groups (broad SMARTS) is 1. The zero-order valence-corrected chi connectivity index (χ0v) is 11.5. The van der Waals surface area contributed by atoms with Gasteiger partial charge in [0.25, 0.3) is 5.89 Å². The van der Waals surface area contributed by atoms with E-state index in [1.54, 1.807) is 13.0 Å². The van der Waals surface area contributed by atoms with Gasteiger partial charge in [0.2, 0.25) is 0 Å². The summed E-state index contributed by atoms with van der Waals surface area (Å²) in [6.07, 6.45) is 3.35. The van der Waals surface area contributed by atoms with E-state index >= 15 is 0 Å². The molecule has 3 rings (SSSR count). The predicted octanol–water partition coefficient (Wildman–Crippen LogP) is 3.32. The molecule has 1 aliphatic carbocycles. The molecule has 0 spiro atoms. The molecule has 1 saturated carbocycles. The first-order chi connectivity index (χ1) is 9.58. The van der Waals surface area contributed by atoms with Crippen LogP contribution in [0.5, 0.6) is 0 Å². The lowest BCUT2D eigenvalue weighted by molar-refractivity contribution is 0.0696. The molecule has 1 aromatic heterocycles. The molecule has 1 heterocycles. The van der Waals surface area contributed by atoms with Crippen LogP contribution in [0.15, 0.2) is 16.7 Å². The van der Waals surface area contributed by atoms with Crippen LogP contribution < -0.4 is 0 Å². The third-order valence-electron chi connectivity index (χ3n) is 3.96. The predicted molar refractivity (Wildman–Crippen MR) is 72.8 cm³/mol. The van der Waals surface area contributed by atoms with Crippen molar-refractivity contribution in [3.8, 4) is 11.5 Å². The summed E-state index contributed by atoms with van der Waals surface area (Å²) in [4.78, 5) is 15.9. The second kappa shape index (κ2) is 4.74. The van der Waals surface area contributed by atoms with E-state index in [9.17, 15) is 9.90 Å². The van der Waals surface area contributed by atoms with E-state index < -0.39 is 5.97 Å². The Morgan fingerprint density at radius 2 is 2.00 bits per heavy atom. The lowest BCUT2D eigenvalue weighted by Gasteiger charge is -2.20. The molecule has 5 heteroatoms. The maximum absolute atomic E-state index is 11.5. The molecule has 0 radical (unpaired) electrons. The Morgan fingerprint density at radius 3 is 2.60 bits per heavy atom. The first-order valence-corrected chi connectivity index (χ1v) is 6.75. The standard InChI is InChI=1S/C15H16N2O3/c1-8-6-7-9(2)12(15(18)19)11(8)14-16-13(17-20-14)10-4-3-5-10/h6-7,10H,3-5H2,1-2H3,(H,18,19). The summed E-state index contributed by atoms with van der Waals surface area (Å²) in [6, 6.07) is 3.68. The summed E-state index contributed by atoms with van der Waals surface area (Å²) in [6.45, 7) is 3.63. The zero-order valence-electron chi connectivity index (χ0n) is 11.5. The molecule has 1 aromatic carbocycles. The largest absolute Gasteiger partial charge is 0.478 e. The van der Waals surface area contributed by atoms with Crippen LogP contribution in [0, 0.1) is 13.8 Å². The minimum atomic E-state index is -0.968. The van der Waals surface area contributed by atoms with Gasteiger partial charge in [-0.15, -0.1) is 0 Å². The Bertz CT molecular complexity index is 672. The number of carboxylic acids is 1. The number of benzene rings is 1. The Balaban J connectivity index is 2.11. The van der Waals surface area contributed by atoms with Crippen molar-refractivity contribution in [3.05, 3.63) is 34.6 Å². The van der Waals surface area contributed by atoms with Crippen molar-refractivity contribution < 1.29 is 14.4 Å². The van der Waals surface area contributed by atoms with Gasteiger partial charge in [0.05, 0.1) is 11.1 Å². The number of aryl methyl sites for hydroxylation is 2. The van der Waals surface area contributed by atoms with Gasteiger partial charge in [-0.1, -0.05) is 23.7 Å². The van der Waals surface area contributed by atoms with Crippen LogP contribution in [0.3, 0.4) is 0 Å². The van der Waals surface area contributed by atoms with Gasteiger partial charge in [-0.25, -0.2) is 4.79 Å². The lowest BCUT2D eigenvalue weighted by atomic mass is 9.85.